The van der Waals surface area contributed by atoms with Crippen LogP contribution in [0.15, 0.2) is 30.3 Å². The summed E-state index contributed by atoms with van der Waals surface area (Å²) in [6.45, 7) is 6.90. The number of hydrogen-bond acceptors (Lipinski definition) is 4. The molecule has 5 heteroatoms. The molecular formula is C18H29N3O2. The van der Waals surface area contributed by atoms with E-state index in [0.717, 1.165) is 65.3 Å². The highest BCUT2D eigenvalue weighted by atomic mass is 16.5. The maximum Gasteiger partial charge on any atom is 0.221 e. The molecule has 0 aliphatic carbocycles. The number of nitrogens with one attached hydrogen (secondary N) is 2. The van der Waals surface area contributed by atoms with Crippen molar-refractivity contribution >= 4 is 5.91 Å². The number of carbonyl (C=O) groups is 1. The Bertz CT molecular complexity index is 433. The highest BCUT2D eigenvalue weighted by molar-refractivity contribution is 5.76. The Morgan fingerprint density at radius 2 is 1.87 bits per heavy atom. The molecule has 1 aromatic carbocycles. The van der Waals surface area contributed by atoms with Gasteiger partial charge < -0.3 is 15.4 Å². The van der Waals surface area contributed by atoms with Gasteiger partial charge in [0.1, 0.15) is 0 Å². The minimum atomic E-state index is 0.133. The summed E-state index contributed by atoms with van der Waals surface area (Å²) in [6, 6.07) is 10.5. The van der Waals surface area contributed by atoms with Crippen molar-refractivity contribution in [2.75, 3.05) is 52.5 Å². The average Bonchev–Trinajstić information content (AvgIpc) is 2.60. The molecule has 0 radical (unpaired) electrons. The summed E-state index contributed by atoms with van der Waals surface area (Å²) in [5.41, 5.74) is 1.37. The summed E-state index contributed by atoms with van der Waals surface area (Å²) in [4.78, 5) is 14.1. The fraction of sp³-hybridized carbons (Fsp3) is 0.611. The molecule has 1 aliphatic heterocycles. The van der Waals surface area contributed by atoms with Crippen LogP contribution in [0.5, 0.6) is 0 Å². The van der Waals surface area contributed by atoms with Crippen molar-refractivity contribution in [2.24, 2.45) is 0 Å². The zero-order valence-corrected chi connectivity index (χ0v) is 13.9. The van der Waals surface area contributed by atoms with Crippen molar-refractivity contribution in [1.82, 2.24) is 15.5 Å². The van der Waals surface area contributed by atoms with Crippen LogP contribution in [0.3, 0.4) is 0 Å². The molecule has 1 fully saturated rings. The van der Waals surface area contributed by atoms with Crippen LogP contribution in [0.1, 0.15) is 18.4 Å². The van der Waals surface area contributed by atoms with Gasteiger partial charge in [0.05, 0.1) is 13.2 Å². The molecule has 1 heterocycles. The Morgan fingerprint density at radius 1 is 1.09 bits per heavy atom. The first-order chi connectivity index (χ1) is 11.3. The van der Waals surface area contributed by atoms with E-state index in [4.69, 9.17) is 4.74 Å². The predicted molar refractivity (Wildman–Crippen MR) is 92.5 cm³/mol. The van der Waals surface area contributed by atoms with Crippen molar-refractivity contribution in [3.8, 4) is 0 Å². The van der Waals surface area contributed by atoms with Crippen LogP contribution in [-0.4, -0.2) is 63.3 Å². The third kappa shape index (κ3) is 8.11. The van der Waals surface area contributed by atoms with E-state index in [-0.39, 0.29) is 5.91 Å². The van der Waals surface area contributed by atoms with E-state index in [1.807, 2.05) is 6.07 Å². The standard InChI is InChI=1S/C18H29N3O2/c22-18(20-11-12-21-13-15-23-16-14-21)8-10-19-9-4-7-17-5-2-1-3-6-17/h1-3,5-6,19H,4,7-16H2,(H,20,22). The van der Waals surface area contributed by atoms with E-state index in [1.165, 1.54) is 5.56 Å². The smallest absolute Gasteiger partial charge is 0.221 e. The van der Waals surface area contributed by atoms with Crippen molar-refractivity contribution in [3.05, 3.63) is 35.9 Å². The summed E-state index contributed by atoms with van der Waals surface area (Å²) in [5.74, 6) is 0.133. The number of aryl methyl sites for hydroxylation is 1. The number of benzene rings is 1. The van der Waals surface area contributed by atoms with Gasteiger partial charge in [-0.15, -0.1) is 0 Å². The largest absolute Gasteiger partial charge is 0.379 e. The van der Waals surface area contributed by atoms with E-state index in [0.29, 0.717) is 6.42 Å². The fourth-order valence-electron chi connectivity index (χ4n) is 2.66. The minimum Gasteiger partial charge on any atom is -0.379 e. The van der Waals surface area contributed by atoms with Crippen LogP contribution in [0.2, 0.25) is 0 Å². The number of nitrogens with zero attached hydrogens (tertiary/aromatic N) is 1. The van der Waals surface area contributed by atoms with Gasteiger partial charge in [0, 0.05) is 39.1 Å². The molecule has 128 valence electrons. The summed E-state index contributed by atoms with van der Waals surface area (Å²) >= 11 is 0. The number of amides is 1. The highest BCUT2D eigenvalue weighted by Gasteiger charge is 2.09. The monoisotopic (exact) mass is 319 g/mol. The molecule has 0 aromatic heterocycles. The number of ether oxygens (including phenoxy) is 1. The highest BCUT2D eigenvalue weighted by Crippen LogP contribution is 2.01. The first kappa shape index (κ1) is 17.9. The Labute approximate surface area is 139 Å². The zero-order valence-electron chi connectivity index (χ0n) is 13.9. The van der Waals surface area contributed by atoms with Crippen LogP contribution >= 0.6 is 0 Å². The van der Waals surface area contributed by atoms with Gasteiger partial charge in [0.25, 0.3) is 0 Å². The lowest BCUT2D eigenvalue weighted by atomic mass is 10.1. The third-order valence-electron chi connectivity index (χ3n) is 4.04. The van der Waals surface area contributed by atoms with Gasteiger partial charge in [-0.1, -0.05) is 30.3 Å². The molecule has 1 amide bonds. The summed E-state index contributed by atoms with van der Waals surface area (Å²) in [7, 11) is 0. The molecule has 5 nitrogen and oxygen atoms in total. The minimum absolute atomic E-state index is 0.133. The lowest BCUT2D eigenvalue weighted by Crippen LogP contribution is -2.41. The molecule has 0 atom stereocenters. The summed E-state index contributed by atoms with van der Waals surface area (Å²) in [6.07, 6.45) is 2.73. The molecule has 1 aromatic rings. The molecular weight excluding hydrogens is 290 g/mol. The second kappa shape index (κ2) is 11.2. The molecule has 0 saturated carbocycles. The fourth-order valence-corrected chi connectivity index (χ4v) is 2.66. The van der Waals surface area contributed by atoms with E-state index in [9.17, 15) is 4.79 Å². The Balaban J connectivity index is 1.40. The molecule has 0 bridgehead atoms. The lowest BCUT2D eigenvalue weighted by Gasteiger charge is -2.26. The van der Waals surface area contributed by atoms with E-state index in [2.05, 4.69) is 39.8 Å². The maximum absolute atomic E-state index is 11.7. The molecule has 0 spiro atoms. The summed E-state index contributed by atoms with van der Waals surface area (Å²) < 4.78 is 5.30. The number of morpholine rings is 1. The van der Waals surface area contributed by atoms with E-state index >= 15 is 0 Å². The van der Waals surface area contributed by atoms with Gasteiger partial charge in [-0.2, -0.15) is 0 Å². The molecule has 1 aliphatic rings. The molecule has 0 unspecified atom stereocenters. The average molecular weight is 319 g/mol. The molecule has 2 N–H and O–H groups in total. The van der Waals surface area contributed by atoms with Crippen molar-refractivity contribution in [3.63, 3.8) is 0 Å². The van der Waals surface area contributed by atoms with E-state index in [1.54, 1.807) is 0 Å². The summed E-state index contributed by atoms with van der Waals surface area (Å²) in [5, 5.41) is 6.32. The number of rotatable bonds is 10. The van der Waals surface area contributed by atoms with Crippen LogP contribution in [0.25, 0.3) is 0 Å². The zero-order chi connectivity index (χ0) is 16.2. The van der Waals surface area contributed by atoms with Crippen molar-refractivity contribution in [2.45, 2.75) is 19.3 Å². The van der Waals surface area contributed by atoms with Crippen LogP contribution in [0, 0.1) is 0 Å². The van der Waals surface area contributed by atoms with Crippen molar-refractivity contribution in [1.29, 1.82) is 0 Å². The maximum atomic E-state index is 11.7. The lowest BCUT2D eigenvalue weighted by molar-refractivity contribution is -0.121. The first-order valence-electron chi connectivity index (χ1n) is 8.66. The molecule has 1 saturated heterocycles. The Morgan fingerprint density at radius 3 is 2.65 bits per heavy atom. The predicted octanol–water partition coefficient (Wildman–Crippen LogP) is 1.05. The molecule has 2 rings (SSSR count). The van der Waals surface area contributed by atoms with E-state index < -0.39 is 0 Å². The second-order valence-electron chi connectivity index (χ2n) is 5.89. The third-order valence-corrected chi connectivity index (χ3v) is 4.04. The van der Waals surface area contributed by atoms with Gasteiger partial charge in [-0.05, 0) is 24.9 Å². The van der Waals surface area contributed by atoms with Gasteiger partial charge in [-0.3, -0.25) is 9.69 Å². The normalized spacial score (nSPS) is 15.5. The van der Waals surface area contributed by atoms with Gasteiger partial charge in [0.15, 0.2) is 0 Å². The van der Waals surface area contributed by atoms with Gasteiger partial charge >= 0.3 is 0 Å². The number of hydrogen-bond donors (Lipinski definition) is 2. The topological polar surface area (TPSA) is 53.6 Å². The van der Waals surface area contributed by atoms with Crippen LogP contribution < -0.4 is 10.6 Å². The van der Waals surface area contributed by atoms with Crippen LogP contribution in [0.4, 0.5) is 0 Å². The van der Waals surface area contributed by atoms with Crippen molar-refractivity contribution < 1.29 is 9.53 Å². The SMILES string of the molecule is O=C(CCNCCCc1ccccc1)NCCN1CCOCC1. The van der Waals surface area contributed by atoms with Gasteiger partial charge in [-0.25, -0.2) is 0 Å². The van der Waals surface area contributed by atoms with Crippen LogP contribution in [-0.2, 0) is 16.0 Å². The first-order valence-corrected chi connectivity index (χ1v) is 8.66. The quantitative estimate of drug-likeness (QED) is 0.633. The molecule has 23 heavy (non-hydrogen) atoms. The number of carbonyl (C=O) groups excluding carboxylic acids is 1. The second-order valence-corrected chi connectivity index (χ2v) is 5.89. The van der Waals surface area contributed by atoms with Gasteiger partial charge in [0.2, 0.25) is 5.91 Å². The Hall–Kier alpha value is -1.43. The Kier molecular flexibility index (Phi) is 8.69.